The van der Waals surface area contributed by atoms with Crippen molar-refractivity contribution in [2.45, 2.75) is 17.9 Å². The second-order valence-corrected chi connectivity index (χ2v) is 6.91. The zero-order chi connectivity index (χ0) is 20.4. The first-order valence-electron chi connectivity index (χ1n) is 7.28. The van der Waals surface area contributed by atoms with E-state index in [1.807, 2.05) is 0 Å². The molecule has 0 saturated heterocycles. The van der Waals surface area contributed by atoms with Crippen molar-refractivity contribution < 1.29 is 35.9 Å². The molecule has 2 aromatic carbocycles. The number of carbonyl (C=O) groups excluding carboxylic acids is 2. The molecule has 0 saturated carbocycles. The highest BCUT2D eigenvalue weighted by Crippen LogP contribution is 2.18. The first-order chi connectivity index (χ1) is 12.5. The predicted molar refractivity (Wildman–Crippen MR) is 87.6 cm³/mol. The fourth-order valence-corrected chi connectivity index (χ4v) is 2.48. The Hall–Kier alpha value is -2.92. The third-order valence-electron chi connectivity index (χ3n) is 3.33. The largest absolute Gasteiger partial charge is 0.449 e. The van der Waals surface area contributed by atoms with Gasteiger partial charge in [-0.2, -0.15) is 0 Å². The quantitative estimate of drug-likeness (QED) is 0.742. The monoisotopic (exact) mass is 402 g/mol. The molecule has 0 aliphatic rings. The Morgan fingerprint density at radius 2 is 1.74 bits per heavy atom. The average molecular weight is 402 g/mol. The van der Waals surface area contributed by atoms with Crippen LogP contribution in [0, 0.1) is 17.5 Å². The molecule has 0 aliphatic carbocycles. The van der Waals surface area contributed by atoms with Gasteiger partial charge in [0.25, 0.3) is 5.91 Å². The minimum absolute atomic E-state index is 0.355. The van der Waals surface area contributed by atoms with E-state index in [0.29, 0.717) is 18.2 Å². The molecule has 3 N–H and O–H groups in total. The normalized spacial score (nSPS) is 12.3. The van der Waals surface area contributed by atoms with Crippen LogP contribution in [0.25, 0.3) is 0 Å². The standard InChI is InChI=1S/C16H13F3N2O5S/c1-8(15(22)21-14-5-2-9(17)6-13(14)19)26-16(23)11-7-10(27(20,24)25)3-4-12(11)18/h2-8H,1H3,(H,21,22)(H2,20,24,25)/t8-/m0/s1. The molecule has 0 aromatic heterocycles. The SMILES string of the molecule is C[C@H](OC(=O)c1cc(S(N)(=O)=O)ccc1F)C(=O)Nc1ccc(F)cc1F. The maximum absolute atomic E-state index is 13.8. The number of primary sulfonamides is 1. The third-order valence-corrected chi connectivity index (χ3v) is 4.24. The summed E-state index contributed by atoms with van der Waals surface area (Å²) in [5.74, 6) is -5.30. The lowest BCUT2D eigenvalue weighted by molar-refractivity contribution is -0.123. The first kappa shape index (κ1) is 20.4. The maximum atomic E-state index is 13.8. The van der Waals surface area contributed by atoms with Gasteiger partial charge in [-0.1, -0.05) is 0 Å². The lowest BCUT2D eigenvalue weighted by Gasteiger charge is -2.14. The van der Waals surface area contributed by atoms with Crippen LogP contribution >= 0.6 is 0 Å². The van der Waals surface area contributed by atoms with Crippen LogP contribution in [-0.2, 0) is 19.6 Å². The van der Waals surface area contributed by atoms with Gasteiger partial charge in [-0.3, -0.25) is 4.79 Å². The first-order valence-corrected chi connectivity index (χ1v) is 8.83. The summed E-state index contributed by atoms with van der Waals surface area (Å²) in [5, 5.41) is 6.98. The van der Waals surface area contributed by atoms with Gasteiger partial charge >= 0.3 is 5.97 Å². The van der Waals surface area contributed by atoms with Crippen LogP contribution in [0.4, 0.5) is 18.9 Å². The predicted octanol–water partition coefficient (Wildman–Crippen LogP) is 1.94. The van der Waals surface area contributed by atoms with Crippen LogP contribution in [0.2, 0.25) is 0 Å². The summed E-state index contributed by atoms with van der Waals surface area (Å²) in [4.78, 5) is 23.5. The number of carbonyl (C=O) groups is 2. The number of esters is 1. The summed E-state index contributed by atoms with van der Waals surface area (Å²) in [5.41, 5.74) is -1.11. The van der Waals surface area contributed by atoms with E-state index in [1.54, 1.807) is 0 Å². The van der Waals surface area contributed by atoms with Crippen molar-refractivity contribution in [3.8, 4) is 0 Å². The van der Waals surface area contributed by atoms with E-state index in [4.69, 9.17) is 9.88 Å². The van der Waals surface area contributed by atoms with Crippen LogP contribution in [0.3, 0.4) is 0 Å². The van der Waals surface area contributed by atoms with Crippen molar-refractivity contribution in [2.24, 2.45) is 5.14 Å². The number of anilines is 1. The van der Waals surface area contributed by atoms with Crippen molar-refractivity contribution in [1.29, 1.82) is 0 Å². The molecule has 0 spiro atoms. The molecule has 1 atom stereocenters. The van der Waals surface area contributed by atoms with E-state index in [2.05, 4.69) is 5.32 Å². The number of benzene rings is 2. The van der Waals surface area contributed by atoms with Gasteiger partial charge in [-0.05, 0) is 37.3 Å². The van der Waals surface area contributed by atoms with Crippen molar-refractivity contribution >= 4 is 27.6 Å². The third kappa shape index (κ3) is 5.05. The lowest BCUT2D eigenvalue weighted by atomic mass is 10.2. The number of rotatable bonds is 5. The molecule has 11 heteroatoms. The molecule has 0 fully saturated rings. The van der Waals surface area contributed by atoms with Gasteiger partial charge in [0, 0.05) is 6.07 Å². The van der Waals surface area contributed by atoms with Crippen LogP contribution in [0.1, 0.15) is 17.3 Å². The van der Waals surface area contributed by atoms with Crippen LogP contribution in [0.5, 0.6) is 0 Å². The summed E-state index contributed by atoms with van der Waals surface area (Å²) in [6.45, 7) is 1.12. The van der Waals surface area contributed by atoms with Gasteiger partial charge < -0.3 is 10.1 Å². The van der Waals surface area contributed by atoms with E-state index >= 15 is 0 Å². The van der Waals surface area contributed by atoms with E-state index in [-0.39, 0.29) is 5.69 Å². The molecule has 27 heavy (non-hydrogen) atoms. The summed E-state index contributed by atoms with van der Waals surface area (Å²) in [6, 6.07) is 4.64. The maximum Gasteiger partial charge on any atom is 0.341 e. The second-order valence-electron chi connectivity index (χ2n) is 5.35. The van der Waals surface area contributed by atoms with Gasteiger partial charge in [0.15, 0.2) is 6.10 Å². The zero-order valence-corrected chi connectivity index (χ0v) is 14.5. The molecule has 7 nitrogen and oxygen atoms in total. The molecule has 0 heterocycles. The highest BCUT2D eigenvalue weighted by molar-refractivity contribution is 7.89. The van der Waals surface area contributed by atoms with Crippen LogP contribution < -0.4 is 10.5 Å². The lowest BCUT2D eigenvalue weighted by Crippen LogP contribution is -2.30. The number of ether oxygens (including phenoxy) is 1. The Bertz CT molecular complexity index is 1010. The molecule has 1 amide bonds. The average Bonchev–Trinajstić information content (AvgIpc) is 2.56. The molecule has 0 bridgehead atoms. The fraction of sp³-hybridized carbons (Fsp3) is 0.125. The van der Waals surface area contributed by atoms with Crippen molar-refractivity contribution in [1.82, 2.24) is 0 Å². The topological polar surface area (TPSA) is 116 Å². The smallest absolute Gasteiger partial charge is 0.341 e. The molecule has 144 valence electrons. The summed E-state index contributed by atoms with van der Waals surface area (Å²) < 4.78 is 67.5. The van der Waals surface area contributed by atoms with E-state index in [9.17, 15) is 31.2 Å². The summed E-state index contributed by atoms with van der Waals surface area (Å²) in [6.07, 6.45) is -1.50. The molecule has 0 radical (unpaired) electrons. The summed E-state index contributed by atoms with van der Waals surface area (Å²) in [7, 11) is -4.20. The molecule has 2 aromatic rings. The van der Waals surface area contributed by atoms with Crippen LogP contribution in [0.15, 0.2) is 41.3 Å². The van der Waals surface area contributed by atoms with Crippen molar-refractivity contribution in [3.63, 3.8) is 0 Å². The molecule has 0 unspecified atom stereocenters. The van der Waals surface area contributed by atoms with E-state index in [0.717, 1.165) is 25.1 Å². The number of nitrogens with one attached hydrogen (secondary N) is 1. The Labute approximate surface area is 152 Å². The van der Waals surface area contributed by atoms with Crippen molar-refractivity contribution in [3.05, 3.63) is 59.4 Å². The number of halogens is 3. The van der Waals surface area contributed by atoms with Gasteiger partial charge in [0.2, 0.25) is 10.0 Å². The molecule has 0 aliphatic heterocycles. The fourth-order valence-electron chi connectivity index (χ4n) is 1.94. The van der Waals surface area contributed by atoms with E-state index in [1.165, 1.54) is 0 Å². The van der Waals surface area contributed by atoms with Gasteiger partial charge in [0.05, 0.1) is 16.1 Å². The van der Waals surface area contributed by atoms with Gasteiger partial charge in [-0.25, -0.2) is 31.5 Å². The number of hydrogen-bond acceptors (Lipinski definition) is 5. The summed E-state index contributed by atoms with van der Waals surface area (Å²) >= 11 is 0. The van der Waals surface area contributed by atoms with Gasteiger partial charge in [-0.15, -0.1) is 0 Å². The Morgan fingerprint density at radius 1 is 1.07 bits per heavy atom. The van der Waals surface area contributed by atoms with Crippen molar-refractivity contribution in [2.75, 3.05) is 5.32 Å². The highest BCUT2D eigenvalue weighted by atomic mass is 32.2. The number of sulfonamides is 1. The minimum Gasteiger partial charge on any atom is -0.449 e. The number of amides is 1. The number of nitrogens with two attached hydrogens (primary N) is 1. The Kier molecular flexibility index (Phi) is 5.86. The molecular formula is C16H13F3N2O5S. The second kappa shape index (κ2) is 7.76. The molecular weight excluding hydrogens is 389 g/mol. The Balaban J connectivity index is 2.14. The number of hydrogen-bond donors (Lipinski definition) is 2. The van der Waals surface area contributed by atoms with Crippen LogP contribution in [-0.4, -0.2) is 26.4 Å². The molecule has 2 rings (SSSR count). The highest BCUT2D eigenvalue weighted by Gasteiger charge is 2.23. The minimum atomic E-state index is -4.20. The van der Waals surface area contributed by atoms with Gasteiger partial charge in [0.1, 0.15) is 17.5 Å². The zero-order valence-electron chi connectivity index (χ0n) is 13.7. The van der Waals surface area contributed by atoms with E-state index < -0.39 is 55.9 Å². The Morgan fingerprint density at radius 3 is 2.33 bits per heavy atom.